The molecule has 0 aliphatic carbocycles. The molecule has 172 valence electrons. The largest absolute Gasteiger partial charge is 0.497 e. The first kappa shape index (κ1) is 23.4. The molecule has 1 N–H and O–H groups in total. The zero-order valence-electron chi connectivity index (χ0n) is 19.5. The van der Waals surface area contributed by atoms with Crippen LogP contribution >= 0.6 is 0 Å². The summed E-state index contributed by atoms with van der Waals surface area (Å²) in [5.41, 5.74) is 1.89. The standard InChI is InChI=1S/C24H31N3O5/c1-26(2)12-11-25-23(28)21-17-13-19(31-5)20(32-6)14-18(17)24(29)27(3)22(21)15-7-9-16(30-4)10-8-15/h7-10,13-14,21-22H,11-12H2,1-6H3,(H,25,28)/t21-,22+/m1/s1. The van der Waals surface area contributed by atoms with Crippen LogP contribution in [0.1, 0.15) is 33.4 Å². The van der Waals surface area contributed by atoms with Gasteiger partial charge in [0.2, 0.25) is 5.91 Å². The first-order valence-corrected chi connectivity index (χ1v) is 10.4. The number of rotatable bonds is 8. The van der Waals surface area contributed by atoms with Gasteiger partial charge in [0.15, 0.2) is 11.5 Å². The Morgan fingerprint density at radius 2 is 1.66 bits per heavy atom. The summed E-state index contributed by atoms with van der Waals surface area (Å²) < 4.78 is 16.1. The molecule has 8 nitrogen and oxygen atoms in total. The monoisotopic (exact) mass is 441 g/mol. The molecule has 2 aromatic carbocycles. The van der Waals surface area contributed by atoms with E-state index in [1.54, 1.807) is 31.2 Å². The van der Waals surface area contributed by atoms with Crippen molar-refractivity contribution in [3.05, 3.63) is 53.1 Å². The molecular formula is C24H31N3O5. The molecular weight excluding hydrogens is 410 g/mol. The van der Waals surface area contributed by atoms with Gasteiger partial charge in [0.05, 0.1) is 33.3 Å². The van der Waals surface area contributed by atoms with Crippen LogP contribution in [0.25, 0.3) is 0 Å². The summed E-state index contributed by atoms with van der Waals surface area (Å²) in [4.78, 5) is 30.4. The van der Waals surface area contributed by atoms with Crippen molar-refractivity contribution in [2.24, 2.45) is 0 Å². The number of carbonyl (C=O) groups is 2. The van der Waals surface area contributed by atoms with E-state index >= 15 is 0 Å². The van der Waals surface area contributed by atoms with E-state index in [9.17, 15) is 9.59 Å². The molecule has 8 heteroatoms. The predicted octanol–water partition coefficient (Wildman–Crippen LogP) is 2.30. The quantitative estimate of drug-likeness (QED) is 0.677. The minimum atomic E-state index is -0.622. The van der Waals surface area contributed by atoms with E-state index in [4.69, 9.17) is 14.2 Å². The van der Waals surface area contributed by atoms with Crippen molar-refractivity contribution in [2.45, 2.75) is 12.0 Å². The maximum Gasteiger partial charge on any atom is 0.254 e. The minimum Gasteiger partial charge on any atom is -0.497 e. The molecule has 2 amide bonds. The maximum absolute atomic E-state index is 13.5. The Morgan fingerprint density at radius 3 is 2.22 bits per heavy atom. The normalized spacial score (nSPS) is 17.7. The van der Waals surface area contributed by atoms with Crippen LogP contribution in [0.2, 0.25) is 0 Å². The van der Waals surface area contributed by atoms with Crippen LogP contribution in [-0.2, 0) is 4.79 Å². The van der Waals surface area contributed by atoms with Crippen LogP contribution in [0.15, 0.2) is 36.4 Å². The van der Waals surface area contributed by atoms with Gasteiger partial charge in [-0.3, -0.25) is 9.59 Å². The summed E-state index contributed by atoms with van der Waals surface area (Å²) in [6, 6.07) is 10.3. The predicted molar refractivity (Wildman–Crippen MR) is 122 cm³/mol. The zero-order chi connectivity index (χ0) is 23.4. The average molecular weight is 442 g/mol. The minimum absolute atomic E-state index is 0.152. The highest BCUT2D eigenvalue weighted by atomic mass is 16.5. The lowest BCUT2D eigenvalue weighted by molar-refractivity contribution is -0.124. The van der Waals surface area contributed by atoms with Crippen molar-refractivity contribution in [1.82, 2.24) is 15.1 Å². The van der Waals surface area contributed by atoms with Gasteiger partial charge in [-0.2, -0.15) is 0 Å². The maximum atomic E-state index is 13.5. The van der Waals surface area contributed by atoms with E-state index in [1.165, 1.54) is 14.2 Å². The molecule has 0 radical (unpaired) electrons. The number of hydrogen-bond donors (Lipinski definition) is 1. The lowest BCUT2D eigenvalue weighted by Crippen LogP contribution is -2.46. The molecule has 32 heavy (non-hydrogen) atoms. The van der Waals surface area contributed by atoms with Crippen LogP contribution in [0.5, 0.6) is 17.2 Å². The van der Waals surface area contributed by atoms with E-state index in [0.29, 0.717) is 41.5 Å². The summed E-state index contributed by atoms with van der Waals surface area (Å²) in [6.45, 7) is 1.21. The molecule has 1 heterocycles. The van der Waals surface area contributed by atoms with Crippen molar-refractivity contribution in [2.75, 3.05) is 55.6 Å². The van der Waals surface area contributed by atoms with Gasteiger partial charge in [-0.05, 0) is 49.5 Å². The Kier molecular flexibility index (Phi) is 7.25. The second-order valence-electron chi connectivity index (χ2n) is 8.00. The van der Waals surface area contributed by atoms with Gasteiger partial charge >= 0.3 is 0 Å². The molecule has 3 rings (SSSR count). The SMILES string of the molecule is COc1ccc([C@H]2[C@H](C(=O)NCCN(C)C)c3cc(OC)c(OC)cc3C(=O)N2C)cc1. The number of carbonyl (C=O) groups excluding carboxylic acids is 2. The number of hydrogen-bond acceptors (Lipinski definition) is 6. The molecule has 0 fully saturated rings. The van der Waals surface area contributed by atoms with Crippen molar-refractivity contribution in [3.63, 3.8) is 0 Å². The van der Waals surface area contributed by atoms with Gasteiger partial charge in [-0.25, -0.2) is 0 Å². The highest BCUT2D eigenvalue weighted by Crippen LogP contribution is 2.45. The fourth-order valence-corrected chi connectivity index (χ4v) is 4.06. The van der Waals surface area contributed by atoms with Gasteiger partial charge in [0.1, 0.15) is 5.75 Å². The second-order valence-corrected chi connectivity index (χ2v) is 8.00. The van der Waals surface area contributed by atoms with Crippen LogP contribution in [0.3, 0.4) is 0 Å². The van der Waals surface area contributed by atoms with Crippen molar-refractivity contribution >= 4 is 11.8 Å². The number of benzene rings is 2. The lowest BCUT2D eigenvalue weighted by Gasteiger charge is -2.40. The Morgan fingerprint density at radius 1 is 1.03 bits per heavy atom. The summed E-state index contributed by atoms with van der Waals surface area (Å²) in [6.07, 6.45) is 0. The van der Waals surface area contributed by atoms with Crippen LogP contribution in [0.4, 0.5) is 0 Å². The van der Waals surface area contributed by atoms with E-state index in [2.05, 4.69) is 5.32 Å². The topological polar surface area (TPSA) is 80.3 Å². The molecule has 0 spiro atoms. The van der Waals surface area contributed by atoms with Gasteiger partial charge < -0.3 is 29.3 Å². The zero-order valence-corrected chi connectivity index (χ0v) is 19.5. The number of ether oxygens (including phenoxy) is 3. The third kappa shape index (κ3) is 4.50. The lowest BCUT2D eigenvalue weighted by atomic mass is 9.79. The third-order valence-electron chi connectivity index (χ3n) is 5.77. The average Bonchev–Trinajstić information content (AvgIpc) is 2.80. The van der Waals surface area contributed by atoms with E-state index in [1.807, 2.05) is 43.3 Å². The van der Waals surface area contributed by atoms with Crippen LogP contribution < -0.4 is 19.5 Å². The van der Waals surface area contributed by atoms with Gasteiger partial charge in [0, 0.05) is 25.7 Å². The van der Waals surface area contributed by atoms with Crippen LogP contribution in [0, 0.1) is 0 Å². The molecule has 1 aliphatic rings. The Bertz CT molecular complexity index is 974. The number of likely N-dealkylation sites (N-methyl/N-ethyl adjacent to an activating group) is 2. The highest BCUT2D eigenvalue weighted by Gasteiger charge is 2.43. The summed E-state index contributed by atoms with van der Waals surface area (Å²) in [7, 11) is 10.3. The molecule has 0 aromatic heterocycles. The van der Waals surface area contributed by atoms with Gasteiger partial charge in [-0.1, -0.05) is 12.1 Å². The summed E-state index contributed by atoms with van der Waals surface area (Å²) in [5.74, 6) is 0.672. The number of nitrogens with zero attached hydrogens (tertiary/aromatic N) is 2. The second kappa shape index (κ2) is 9.91. The number of methoxy groups -OCH3 is 3. The Hall–Kier alpha value is -3.26. The molecule has 0 unspecified atom stereocenters. The molecule has 0 saturated heterocycles. The van der Waals surface area contributed by atoms with Crippen molar-refractivity contribution < 1.29 is 23.8 Å². The highest BCUT2D eigenvalue weighted by molar-refractivity contribution is 6.02. The van der Waals surface area contributed by atoms with Gasteiger partial charge in [0.25, 0.3) is 5.91 Å². The van der Waals surface area contributed by atoms with E-state index in [-0.39, 0.29) is 11.8 Å². The first-order chi connectivity index (χ1) is 15.3. The molecule has 1 aliphatic heterocycles. The number of fused-ring (bicyclic) bond motifs is 1. The molecule has 0 bridgehead atoms. The third-order valence-corrected chi connectivity index (χ3v) is 5.77. The fraction of sp³-hybridized carbons (Fsp3) is 0.417. The molecule has 0 saturated carbocycles. The smallest absolute Gasteiger partial charge is 0.254 e. The molecule has 2 aromatic rings. The van der Waals surface area contributed by atoms with Gasteiger partial charge in [-0.15, -0.1) is 0 Å². The van der Waals surface area contributed by atoms with Crippen molar-refractivity contribution in [1.29, 1.82) is 0 Å². The molecule has 2 atom stereocenters. The van der Waals surface area contributed by atoms with Crippen molar-refractivity contribution in [3.8, 4) is 17.2 Å². The summed E-state index contributed by atoms with van der Waals surface area (Å²) >= 11 is 0. The number of nitrogens with one attached hydrogen (secondary N) is 1. The summed E-state index contributed by atoms with van der Waals surface area (Å²) in [5, 5.41) is 3.03. The Balaban J connectivity index is 2.12. The van der Waals surface area contributed by atoms with E-state index < -0.39 is 12.0 Å². The fourth-order valence-electron chi connectivity index (χ4n) is 4.06. The number of amides is 2. The van der Waals surface area contributed by atoms with Crippen LogP contribution in [-0.4, -0.2) is 77.2 Å². The first-order valence-electron chi connectivity index (χ1n) is 10.4. The Labute approximate surface area is 189 Å². The van der Waals surface area contributed by atoms with E-state index in [0.717, 1.165) is 5.56 Å².